The Kier molecular flexibility index (Phi) is 5.69. The van der Waals surface area contributed by atoms with Gasteiger partial charge in [0.05, 0.1) is 0 Å². The molecule has 162 valence electrons. The second-order valence-corrected chi connectivity index (χ2v) is 9.67. The number of H-pyrrole nitrogens is 1. The van der Waals surface area contributed by atoms with E-state index >= 15 is 0 Å². The predicted molar refractivity (Wildman–Crippen MR) is 125 cm³/mol. The lowest BCUT2D eigenvalue weighted by Crippen LogP contribution is -2.45. The number of hydrogen-bond donors (Lipinski definition) is 2. The van der Waals surface area contributed by atoms with E-state index in [0.717, 1.165) is 46.1 Å². The van der Waals surface area contributed by atoms with E-state index in [1.807, 2.05) is 36.5 Å². The van der Waals surface area contributed by atoms with Crippen molar-refractivity contribution in [3.05, 3.63) is 65.4 Å². The molecule has 0 amide bonds. The van der Waals surface area contributed by atoms with Gasteiger partial charge >= 0.3 is 0 Å². The van der Waals surface area contributed by atoms with Crippen LogP contribution in [-0.4, -0.2) is 46.8 Å². The maximum Gasteiger partial charge on any atom is 0.128 e. The first-order valence-corrected chi connectivity index (χ1v) is 11.7. The van der Waals surface area contributed by atoms with Crippen molar-refractivity contribution in [1.82, 2.24) is 9.88 Å². The van der Waals surface area contributed by atoms with Gasteiger partial charge in [0.1, 0.15) is 24.3 Å². The molecular formula is C25H27FN2O2S. The third-order valence-corrected chi connectivity index (χ3v) is 7.62. The predicted octanol–water partition coefficient (Wildman–Crippen LogP) is 5.53. The van der Waals surface area contributed by atoms with Gasteiger partial charge in [-0.1, -0.05) is 6.07 Å². The zero-order valence-electron chi connectivity index (χ0n) is 17.6. The molecule has 2 N–H and O–H groups in total. The number of fused-ring (bicyclic) bond motifs is 2. The fourth-order valence-corrected chi connectivity index (χ4v) is 5.87. The molecule has 31 heavy (non-hydrogen) atoms. The Morgan fingerprint density at radius 3 is 3.03 bits per heavy atom. The molecule has 3 atom stereocenters. The molecule has 2 aromatic heterocycles. The van der Waals surface area contributed by atoms with E-state index in [1.165, 1.54) is 10.9 Å². The number of hydrogen-bond acceptors (Lipinski definition) is 4. The summed E-state index contributed by atoms with van der Waals surface area (Å²) in [6.45, 7) is 4.06. The van der Waals surface area contributed by atoms with E-state index in [4.69, 9.17) is 4.74 Å². The average molecular weight is 439 g/mol. The van der Waals surface area contributed by atoms with Gasteiger partial charge in [0.15, 0.2) is 0 Å². The van der Waals surface area contributed by atoms with Crippen molar-refractivity contribution in [3.63, 3.8) is 0 Å². The summed E-state index contributed by atoms with van der Waals surface area (Å²) < 4.78 is 20.6. The van der Waals surface area contributed by atoms with Crippen LogP contribution in [0, 0.1) is 5.82 Å². The third-order valence-electron chi connectivity index (χ3n) is 6.34. The van der Waals surface area contributed by atoms with Crippen molar-refractivity contribution in [1.29, 1.82) is 0 Å². The number of rotatable bonds is 6. The molecule has 4 nitrogen and oxygen atoms in total. The minimum atomic E-state index is -0.541. The Morgan fingerprint density at radius 2 is 2.16 bits per heavy atom. The average Bonchev–Trinajstić information content (AvgIpc) is 3.40. The molecule has 1 aliphatic rings. The zero-order valence-corrected chi connectivity index (χ0v) is 18.4. The van der Waals surface area contributed by atoms with Crippen LogP contribution in [0.5, 0.6) is 5.75 Å². The highest BCUT2D eigenvalue weighted by Gasteiger charge is 2.28. The van der Waals surface area contributed by atoms with Gasteiger partial charge in [-0.05, 0) is 80.1 Å². The van der Waals surface area contributed by atoms with Crippen molar-refractivity contribution in [2.45, 2.75) is 37.8 Å². The van der Waals surface area contributed by atoms with E-state index in [9.17, 15) is 9.50 Å². The van der Waals surface area contributed by atoms with E-state index in [-0.39, 0.29) is 12.4 Å². The van der Waals surface area contributed by atoms with Crippen LogP contribution in [0.15, 0.2) is 54.7 Å². The first-order valence-electron chi connectivity index (χ1n) is 10.9. The maximum absolute atomic E-state index is 13.5. The van der Waals surface area contributed by atoms with Crippen molar-refractivity contribution >= 4 is 32.3 Å². The van der Waals surface area contributed by atoms with Gasteiger partial charge in [0, 0.05) is 39.3 Å². The molecule has 0 aliphatic carbocycles. The van der Waals surface area contributed by atoms with Gasteiger partial charge in [0.25, 0.3) is 0 Å². The number of benzene rings is 2. The lowest BCUT2D eigenvalue weighted by Gasteiger charge is -2.38. The molecule has 0 radical (unpaired) electrons. The summed E-state index contributed by atoms with van der Waals surface area (Å²) in [5.41, 5.74) is 1.03. The van der Waals surface area contributed by atoms with Gasteiger partial charge in [0.2, 0.25) is 0 Å². The Morgan fingerprint density at radius 1 is 1.26 bits per heavy atom. The van der Waals surface area contributed by atoms with Crippen LogP contribution >= 0.6 is 11.3 Å². The minimum absolute atomic E-state index is 0.177. The molecule has 0 saturated carbocycles. The van der Waals surface area contributed by atoms with Gasteiger partial charge in [-0.15, -0.1) is 11.3 Å². The van der Waals surface area contributed by atoms with E-state index in [0.29, 0.717) is 18.5 Å². The number of nitrogens with zero attached hydrogens (tertiary/aromatic N) is 1. The highest BCUT2D eigenvalue weighted by atomic mass is 32.1. The second kappa shape index (κ2) is 8.61. The van der Waals surface area contributed by atoms with Crippen LogP contribution in [0.25, 0.3) is 21.0 Å². The number of likely N-dealkylation sites (tertiary alicyclic amines) is 1. The molecule has 3 heterocycles. The number of aliphatic hydroxyl groups excluding tert-OH is 1. The molecule has 2 aromatic carbocycles. The molecular weight excluding hydrogens is 411 g/mol. The first-order chi connectivity index (χ1) is 15.1. The number of aromatic amines is 1. The van der Waals surface area contributed by atoms with Gasteiger partial charge in [-0.2, -0.15) is 0 Å². The van der Waals surface area contributed by atoms with Crippen molar-refractivity contribution in [2.75, 3.05) is 19.7 Å². The summed E-state index contributed by atoms with van der Waals surface area (Å²) in [7, 11) is 0. The smallest absolute Gasteiger partial charge is 0.128 e. The normalized spacial score (nSPS) is 21.0. The lowest BCUT2D eigenvalue weighted by molar-refractivity contribution is 0.0408. The number of β-amino-alcohol motifs (C(OH)–C–C–N with tert-alkyl or cyclic N) is 1. The van der Waals surface area contributed by atoms with Crippen LogP contribution in [0.3, 0.4) is 0 Å². The topological polar surface area (TPSA) is 48.5 Å². The standard InChI is InChI=1S/C25H27FN2O2S/c1-16-11-17(25-13-18-12-19(26)5-6-24(18)31-25)8-10-28(16)14-20(29)15-30-23-4-2-3-22-21(23)7-9-27-22/h2-7,9,12-13,16-17,20,27,29H,8,10-11,14-15H2,1H3/t16-,17+,20-/m0/s1. The SMILES string of the molecule is C[C@H]1C[C@H](c2cc3cc(F)ccc3s2)CCN1C[C@H](O)COc1cccc2[nH]ccc12. The van der Waals surface area contributed by atoms with Crippen LogP contribution < -0.4 is 4.74 Å². The summed E-state index contributed by atoms with van der Waals surface area (Å²) in [5.74, 6) is 1.11. The highest BCUT2D eigenvalue weighted by Crippen LogP contribution is 2.38. The van der Waals surface area contributed by atoms with E-state index in [2.05, 4.69) is 22.9 Å². The summed E-state index contributed by atoms with van der Waals surface area (Å²) in [4.78, 5) is 6.88. The monoisotopic (exact) mass is 438 g/mol. The van der Waals surface area contributed by atoms with Gasteiger partial charge in [-0.25, -0.2) is 4.39 Å². The quantitative estimate of drug-likeness (QED) is 0.416. The number of nitrogens with one attached hydrogen (secondary N) is 1. The Labute approximate surface area is 185 Å². The Balaban J connectivity index is 1.17. The van der Waals surface area contributed by atoms with Gasteiger partial charge in [-0.3, -0.25) is 4.90 Å². The molecule has 5 rings (SSSR count). The summed E-state index contributed by atoms with van der Waals surface area (Å²) in [5, 5.41) is 12.6. The molecule has 6 heteroatoms. The lowest BCUT2D eigenvalue weighted by atomic mass is 9.90. The van der Waals surface area contributed by atoms with Crippen LogP contribution in [0.1, 0.15) is 30.6 Å². The number of aliphatic hydroxyl groups is 1. The van der Waals surface area contributed by atoms with Gasteiger partial charge < -0.3 is 14.8 Å². The fourth-order valence-electron chi connectivity index (χ4n) is 4.68. The summed E-state index contributed by atoms with van der Waals surface area (Å²) >= 11 is 1.78. The van der Waals surface area contributed by atoms with E-state index < -0.39 is 6.10 Å². The Bertz CT molecular complexity index is 1190. The highest BCUT2D eigenvalue weighted by molar-refractivity contribution is 7.19. The number of thiophene rings is 1. The van der Waals surface area contributed by atoms with E-state index in [1.54, 1.807) is 17.4 Å². The number of ether oxygens (including phenoxy) is 1. The van der Waals surface area contributed by atoms with Crippen molar-refractivity contribution in [3.8, 4) is 5.75 Å². The summed E-state index contributed by atoms with van der Waals surface area (Å²) in [6.07, 6.45) is 3.45. The number of piperidine rings is 1. The number of halogens is 1. The molecule has 1 saturated heterocycles. The third kappa shape index (κ3) is 4.33. The zero-order chi connectivity index (χ0) is 21.4. The first kappa shape index (κ1) is 20.5. The fraction of sp³-hybridized carbons (Fsp3) is 0.360. The Hall–Kier alpha value is -2.41. The van der Waals surface area contributed by atoms with Crippen LogP contribution in [0.4, 0.5) is 4.39 Å². The molecule has 4 aromatic rings. The summed E-state index contributed by atoms with van der Waals surface area (Å²) in [6, 6.07) is 15.5. The van der Waals surface area contributed by atoms with Crippen molar-refractivity contribution < 1.29 is 14.2 Å². The minimum Gasteiger partial charge on any atom is -0.490 e. The maximum atomic E-state index is 13.5. The van der Waals surface area contributed by atoms with Crippen LogP contribution in [0.2, 0.25) is 0 Å². The molecule has 0 unspecified atom stereocenters. The second-order valence-electron chi connectivity index (χ2n) is 8.56. The largest absolute Gasteiger partial charge is 0.490 e. The molecule has 0 spiro atoms. The molecule has 1 aliphatic heterocycles. The van der Waals surface area contributed by atoms with Crippen molar-refractivity contribution in [2.24, 2.45) is 0 Å². The molecule has 1 fully saturated rings. The molecule has 0 bridgehead atoms. The van der Waals surface area contributed by atoms with Crippen LogP contribution in [-0.2, 0) is 0 Å². The number of aromatic nitrogens is 1.